The van der Waals surface area contributed by atoms with Crippen LogP contribution in [0.5, 0.6) is 0 Å². The number of thioether (sulfide) groups is 1. The first-order valence-electron chi connectivity index (χ1n) is 15.6. The maximum Gasteiger partial charge on any atom is 0.304 e. The van der Waals surface area contributed by atoms with E-state index in [1.165, 1.54) is 70.6 Å². The van der Waals surface area contributed by atoms with E-state index >= 15 is 0 Å². The number of hydrogen-bond acceptors (Lipinski definition) is 4. The summed E-state index contributed by atoms with van der Waals surface area (Å²) in [7, 11) is 1.56. The number of unbranched alkanes of at least 4 members (excludes halogenated alkanes) is 13. The van der Waals surface area contributed by atoms with Gasteiger partial charge in [-0.3, -0.25) is 14.4 Å². The molecule has 0 saturated carbocycles. The van der Waals surface area contributed by atoms with E-state index in [1.54, 1.807) is 18.8 Å². The average Bonchev–Trinajstić information content (AvgIpc) is 2.94. The third kappa shape index (κ3) is 16.3. The normalized spacial score (nSPS) is 13.0. The minimum absolute atomic E-state index is 0.220. The van der Waals surface area contributed by atoms with Crippen LogP contribution >= 0.6 is 11.8 Å². The van der Waals surface area contributed by atoms with Crippen LogP contribution in [0.2, 0.25) is 0 Å². The van der Waals surface area contributed by atoms with Gasteiger partial charge < -0.3 is 15.7 Å². The third-order valence-corrected chi connectivity index (χ3v) is 9.10. The van der Waals surface area contributed by atoms with Gasteiger partial charge in [0, 0.05) is 23.5 Å². The first kappa shape index (κ1) is 36.0. The summed E-state index contributed by atoms with van der Waals surface area (Å²) in [6, 6.07) is 9.23. The zero-order valence-corrected chi connectivity index (χ0v) is 26.5. The van der Waals surface area contributed by atoms with Gasteiger partial charge in [0.1, 0.15) is 6.04 Å². The predicted molar refractivity (Wildman–Crippen MR) is 168 cm³/mol. The van der Waals surface area contributed by atoms with Gasteiger partial charge in [0.2, 0.25) is 11.8 Å². The lowest BCUT2D eigenvalue weighted by Crippen LogP contribution is -2.57. The van der Waals surface area contributed by atoms with Gasteiger partial charge >= 0.3 is 5.97 Å². The lowest BCUT2D eigenvalue weighted by Gasteiger charge is -2.34. The van der Waals surface area contributed by atoms with E-state index in [1.807, 2.05) is 44.2 Å². The molecule has 0 fully saturated rings. The second kappa shape index (κ2) is 21.7. The Balaban J connectivity index is 2.45. The summed E-state index contributed by atoms with van der Waals surface area (Å²) < 4.78 is -0.589. The number of benzene rings is 1. The molecule has 0 aromatic heterocycles. The van der Waals surface area contributed by atoms with Crippen LogP contribution in [0, 0.1) is 5.92 Å². The number of rotatable bonds is 24. The van der Waals surface area contributed by atoms with Gasteiger partial charge in [-0.05, 0) is 25.8 Å². The highest BCUT2D eigenvalue weighted by Crippen LogP contribution is 2.32. The lowest BCUT2D eigenvalue weighted by atomic mass is 9.94. The highest BCUT2D eigenvalue weighted by molar-refractivity contribution is 7.99. The molecule has 228 valence electrons. The molecule has 0 aliphatic heterocycles. The number of likely N-dealkylation sites (N-methyl/N-ethyl adjacent to an activating group) is 1. The van der Waals surface area contributed by atoms with Crippen LogP contribution < -0.4 is 10.6 Å². The van der Waals surface area contributed by atoms with E-state index in [0.29, 0.717) is 12.2 Å². The molecule has 2 atom stereocenters. The molecule has 0 spiro atoms. The van der Waals surface area contributed by atoms with E-state index in [9.17, 15) is 19.5 Å². The number of carboxylic acids is 1. The molecule has 1 aromatic rings. The Morgan fingerprint density at radius 2 is 1.30 bits per heavy atom. The van der Waals surface area contributed by atoms with Gasteiger partial charge in [0.05, 0.1) is 6.42 Å². The molecular weight excluding hydrogens is 520 g/mol. The number of hydrogen-bond donors (Lipinski definition) is 3. The maximum absolute atomic E-state index is 13.2. The van der Waals surface area contributed by atoms with E-state index in [-0.39, 0.29) is 18.2 Å². The molecule has 0 saturated heterocycles. The first-order valence-corrected chi connectivity index (χ1v) is 16.6. The SMILES string of the molecule is CCCCCCCCCCCCCCCCC(CC(=O)O)C(=O)NC(C(=O)NC)C(C)(C)SCc1ccccc1. The minimum atomic E-state index is -0.986. The summed E-state index contributed by atoms with van der Waals surface area (Å²) in [6.07, 6.45) is 17.8. The Bertz CT molecular complexity index is 831. The van der Waals surface area contributed by atoms with Gasteiger partial charge in [-0.2, -0.15) is 0 Å². The van der Waals surface area contributed by atoms with Crippen LogP contribution in [0.4, 0.5) is 0 Å². The predicted octanol–water partition coefficient (Wildman–Crippen LogP) is 7.89. The summed E-state index contributed by atoms with van der Waals surface area (Å²) in [5.74, 6) is -1.55. The average molecular weight is 577 g/mol. The topological polar surface area (TPSA) is 95.5 Å². The molecule has 2 amide bonds. The Kier molecular flexibility index (Phi) is 19.5. The molecule has 0 bridgehead atoms. The number of carboxylic acid groups (broad SMARTS) is 1. The number of carbonyl (C=O) groups excluding carboxylic acids is 2. The molecule has 2 unspecified atom stereocenters. The zero-order valence-electron chi connectivity index (χ0n) is 25.6. The minimum Gasteiger partial charge on any atom is -0.481 e. The molecule has 6 nitrogen and oxygen atoms in total. The maximum atomic E-state index is 13.2. The van der Waals surface area contributed by atoms with Crippen molar-refractivity contribution < 1.29 is 19.5 Å². The van der Waals surface area contributed by atoms with Gasteiger partial charge in [-0.25, -0.2) is 0 Å². The van der Waals surface area contributed by atoms with Crippen molar-refractivity contribution in [3.8, 4) is 0 Å². The number of nitrogens with one attached hydrogen (secondary N) is 2. The summed E-state index contributed by atoms with van der Waals surface area (Å²) in [5, 5.41) is 15.0. The van der Waals surface area contributed by atoms with Gasteiger partial charge in [-0.15, -0.1) is 11.8 Å². The van der Waals surface area contributed by atoms with Crippen molar-refractivity contribution in [2.75, 3.05) is 7.05 Å². The largest absolute Gasteiger partial charge is 0.481 e. The Hall–Kier alpha value is -2.02. The van der Waals surface area contributed by atoms with E-state index in [4.69, 9.17) is 0 Å². The monoisotopic (exact) mass is 576 g/mol. The van der Waals surface area contributed by atoms with Gasteiger partial charge in [0.15, 0.2) is 0 Å². The molecule has 7 heteroatoms. The van der Waals surface area contributed by atoms with Crippen molar-refractivity contribution in [3.63, 3.8) is 0 Å². The first-order chi connectivity index (χ1) is 19.2. The van der Waals surface area contributed by atoms with Crippen molar-refractivity contribution in [2.24, 2.45) is 5.92 Å². The van der Waals surface area contributed by atoms with Crippen LogP contribution in [0.25, 0.3) is 0 Å². The highest BCUT2D eigenvalue weighted by Gasteiger charge is 2.38. The summed E-state index contributed by atoms with van der Waals surface area (Å²) in [6.45, 7) is 6.14. The van der Waals surface area contributed by atoms with Crippen molar-refractivity contribution in [2.45, 2.75) is 140 Å². The van der Waals surface area contributed by atoms with Crippen molar-refractivity contribution in [1.82, 2.24) is 10.6 Å². The summed E-state index contributed by atoms with van der Waals surface area (Å²) in [4.78, 5) is 37.6. The smallest absolute Gasteiger partial charge is 0.304 e. The molecule has 40 heavy (non-hydrogen) atoms. The molecule has 0 heterocycles. The third-order valence-electron chi connectivity index (χ3n) is 7.64. The number of aliphatic carboxylic acids is 1. The standard InChI is InChI=1S/C33H56N2O4S/c1-5-6-7-8-9-10-11-12-13-14-15-16-17-21-24-28(25-29(36)37)31(38)35-30(32(39)34-4)33(2,3)40-26-27-22-19-18-20-23-27/h18-20,22-23,28,30H,5-17,21,24-26H2,1-4H3,(H,34,39)(H,35,38)(H,36,37). The Labute approximate surface area is 248 Å². The lowest BCUT2D eigenvalue weighted by molar-refractivity contribution is -0.141. The van der Waals surface area contributed by atoms with Crippen molar-refractivity contribution in [1.29, 1.82) is 0 Å². The van der Waals surface area contributed by atoms with Crippen LogP contribution in [0.3, 0.4) is 0 Å². The Morgan fingerprint density at radius 1 is 0.800 bits per heavy atom. The summed E-state index contributed by atoms with van der Waals surface area (Å²) in [5.41, 5.74) is 1.14. The molecule has 0 radical (unpaired) electrons. The van der Waals surface area contributed by atoms with Crippen LogP contribution in [0.15, 0.2) is 30.3 Å². The fraction of sp³-hybridized carbons (Fsp3) is 0.727. The second-order valence-corrected chi connectivity index (χ2v) is 13.2. The molecule has 1 aromatic carbocycles. The fourth-order valence-corrected chi connectivity index (χ4v) is 6.07. The molecule has 1 rings (SSSR count). The highest BCUT2D eigenvalue weighted by atomic mass is 32.2. The molecule has 0 aliphatic carbocycles. The second-order valence-electron chi connectivity index (χ2n) is 11.6. The van der Waals surface area contributed by atoms with Gasteiger partial charge in [0.25, 0.3) is 0 Å². The zero-order chi connectivity index (χ0) is 29.6. The van der Waals surface area contributed by atoms with Crippen molar-refractivity contribution >= 4 is 29.5 Å². The van der Waals surface area contributed by atoms with Gasteiger partial charge in [-0.1, -0.05) is 127 Å². The van der Waals surface area contributed by atoms with Crippen LogP contribution in [-0.4, -0.2) is 40.7 Å². The Morgan fingerprint density at radius 3 is 1.77 bits per heavy atom. The molecule has 0 aliphatic rings. The summed E-state index contributed by atoms with van der Waals surface area (Å²) >= 11 is 1.60. The van der Waals surface area contributed by atoms with E-state index < -0.39 is 22.7 Å². The number of carbonyl (C=O) groups is 3. The number of amides is 2. The van der Waals surface area contributed by atoms with Crippen LogP contribution in [-0.2, 0) is 20.1 Å². The van der Waals surface area contributed by atoms with E-state index in [0.717, 1.165) is 24.8 Å². The van der Waals surface area contributed by atoms with Crippen molar-refractivity contribution in [3.05, 3.63) is 35.9 Å². The quantitative estimate of drug-likeness (QED) is 0.109. The molecular formula is C33H56N2O4S. The molecule has 3 N–H and O–H groups in total. The van der Waals surface area contributed by atoms with E-state index in [2.05, 4.69) is 17.6 Å². The van der Waals surface area contributed by atoms with Crippen LogP contribution in [0.1, 0.15) is 129 Å². The fourth-order valence-electron chi connectivity index (χ4n) is 5.01.